The quantitative estimate of drug-likeness (QED) is 0.649. The zero-order chi connectivity index (χ0) is 19.6. The van der Waals surface area contributed by atoms with E-state index in [1.807, 2.05) is 41.9 Å². The third-order valence-corrected chi connectivity index (χ3v) is 6.63. The molecule has 0 amide bonds. The Hall–Kier alpha value is -2.62. The van der Waals surface area contributed by atoms with Crippen LogP contribution in [-0.4, -0.2) is 63.6 Å². The number of piperazine rings is 1. The Balaban J connectivity index is 1.45. The highest BCUT2D eigenvalue weighted by molar-refractivity contribution is 7.89. The van der Waals surface area contributed by atoms with Gasteiger partial charge in [0.25, 0.3) is 0 Å². The smallest absolute Gasteiger partial charge is 0.244 e. The van der Waals surface area contributed by atoms with Crippen molar-refractivity contribution in [1.29, 1.82) is 0 Å². The summed E-state index contributed by atoms with van der Waals surface area (Å²) in [5.74, 6) is 1.54. The van der Waals surface area contributed by atoms with Crippen LogP contribution in [0.25, 0.3) is 11.4 Å². The lowest BCUT2D eigenvalue weighted by atomic mass is 10.2. The number of hydrogen-bond donors (Lipinski definition) is 0. The molecule has 0 N–H and O–H groups in total. The van der Waals surface area contributed by atoms with Crippen molar-refractivity contribution in [3.8, 4) is 11.4 Å². The van der Waals surface area contributed by atoms with Crippen molar-refractivity contribution in [1.82, 2.24) is 29.0 Å². The lowest BCUT2D eigenvalue weighted by molar-refractivity contribution is 0.146. The van der Waals surface area contributed by atoms with Crippen LogP contribution < -0.4 is 0 Å². The van der Waals surface area contributed by atoms with E-state index in [4.69, 9.17) is 0 Å². The number of aryl methyl sites for hydroxylation is 1. The molecule has 28 heavy (non-hydrogen) atoms. The predicted octanol–water partition coefficient (Wildman–Crippen LogP) is 1.61. The monoisotopic (exact) mass is 398 g/mol. The maximum Gasteiger partial charge on any atom is 0.244 e. The van der Waals surface area contributed by atoms with E-state index in [2.05, 4.69) is 20.0 Å². The molecule has 0 radical (unpaired) electrons. The Morgan fingerprint density at radius 2 is 1.75 bits per heavy atom. The van der Waals surface area contributed by atoms with Gasteiger partial charge in [-0.2, -0.15) is 9.40 Å². The van der Waals surface area contributed by atoms with E-state index in [9.17, 15) is 8.42 Å². The van der Waals surface area contributed by atoms with Gasteiger partial charge >= 0.3 is 0 Å². The summed E-state index contributed by atoms with van der Waals surface area (Å²) in [7, 11) is -3.50. The SMILES string of the molecule is Cc1nc(-c2ccccc2)n(CN2CCN(S(=O)(=O)c3cccnc3)CC2)n1. The Labute approximate surface area is 164 Å². The highest BCUT2D eigenvalue weighted by Gasteiger charge is 2.29. The molecule has 0 aliphatic carbocycles. The van der Waals surface area contributed by atoms with Gasteiger partial charge in [0.05, 0.1) is 6.67 Å². The lowest BCUT2D eigenvalue weighted by Gasteiger charge is -2.33. The van der Waals surface area contributed by atoms with E-state index in [0.29, 0.717) is 32.8 Å². The van der Waals surface area contributed by atoms with E-state index in [0.717, 1.165) is 17.2 Å². The Kier molecular flexibility index (Phi) is 5.21. The second-order valence-corrected chi connectivity index (χ2v) is 8.64. The zero-order valence-electron chi connectivity index (χ0n) is 15.6. The lowest BCUT2D eigenvalue weighted by Crippen LogP contribution is -2.49. The minimum absolute atomic E-state index is 0.238. The molecule has 1 aliphatic heterocycles. The molecule has 1 aromatic carbocycles. The Morgan fingerprint density at radius 1 is 1.00 bits per heavy atom. The van der Waals surface area contributed by atoms with E-state index in [1.54, 1.807) is 18.3 Å². The van der Waals surface area contributed by atoms with Crippen LogP contribution in [-0.2, 0) is 16.7 Å². The number of rotatable bonds is 5. The van der Waals surface area contributed by atoms with E-state index < -0.39 is 10.0 Å². The average molecular weight is 398 g/mol. The number of hydrogen-bond acceptors (Lipinski definition) is 6. The number of pyridine rings is 1. The molecular formula is C19H22N6O2S. The second kappa shape index (κ2) is 7.78. The van der Waals surface area contributed by atoms with Gasteiger partial charge in [-0.05, 0) is 19.1 Å². The van der Waals surface area contributed by atoms with Gasteiger partial charge in [0.15, 0.2) is 5.82 Å². The van der Waals surface area contributed by atoms with Gasteiger partial charge in [-0.1, -0.05) is 30.3 Å². The van der Waals surface area contributed by atoms with Crippen molar-refractivity contribution >= 4 is 10.0 Å². The third kappa shape index (κ3) is 3.82. The molecule has 3 heterocycles. The summed E-state index contributed by atoms with van der Waals surface area (Å²) in [6, 6.07) is 13.2. The average Bonchev–Trinajstić information content (AvgIpc) is 3.10. The largest absolute Gasteiger partial charge is 0.282 e. The Bertz CT molecular complexity index is 1030. The van der Waals surface area contributed by atoms with Crippen molar-refractivity contribution in [2.45, 2.75) is 18.5 Å². The third-order valence-electron chi connectivity index (χ3n) is 4.75. The molecule has 4 rings (SSSR count). The summed E-state index contributed by atoms with van der Waals surface area (Å²) in [4.78, 5) is 10.9. The van der Waals surface area contributed by atoms with Crippen molar-refractivity contribution in [3.63, 3.8) is 0 Å². The molecule has 2 aromatic heterocycles. The molecule has 0 atom stereocenters. The van der Waals surface area contributed by atoms with E-state index in [-0.39, 0.29) is 4.90 Å². The molecule has 0 unspecified atom stereocenters. The number of aromatic nitrogens is 4. The maximum absolute atomic E-state index is 12.7. The van der Waals surface area contributed by atoms with Gasteiger partial charge in [0, 0.05) is 44.1 Å². The fourth-order valence-electron chi connectivity index (χ4n) is 3.30. The normalized spacial score (nSPS) is 16.3. The molecule has 9 heteroatoms. The van der Waals surface area contributed by atoms with Gasteiger partial charge in [-0.3, -0.25) is 9.88 Å². The second-order valence-electron chi connectivity index (χ2n) is 6.70. The Morgan fingerprint density at radius 3 is 2.43 bits per heavy atom. The zero-order valence-corrected chi connectivity index (χ0v) is 16.5. The first-order valence-corrected chi connectivity index (χ1v) is 10.6. The van der Waals surface area contributed by atoms with Gasteiger partial charge in [0.2, 0.25) is 10.0 Å². The van der Waals surface area contributed by atoms with Gasteiger partial charge in [0.1, 0.15) is 10.7 Å². The summed E-state index contributed by atoms with van der Waals surface area (Å²) < 4.78 is 28.9. The molecule has 0 spiro atoms. The molecule has 146 valence electrons. The first-order valence-electron chi connectivity index (χ1n) is 9.13. The number of benzene rings is 1. The summed E-state index contributed by atoms with van der Waals surface area (Å²) >= 11 is 0. The van der Waals surface area contributed by atoms with Crippen LogP contribution in [0.4, 0.5) is 0 Å². The van der Waals surface area contributed by atoms with E-state index >= 15 is 0 Å². The molecule has 0 saturated carbocycles. The van der Waals surface area contributed by atoms with Gasteiger partial charge in [-0.25, -0.2) is 18.1 Å². The highest BCUT2D eigenvalue weighted by atomic mass is 32.2. The fourth-order valence-corrected chi connectivity index (χ4v) is 4.69. The molecule has 3 aromatic rings. The molecule has 8 nitrogen and oxygen atoms in total. The van der Waals surface area contributed by atoms with Crippen LogP contribution in [0.1, 0.15) is 5.82 Å². The van der Waals surface area contributed by atoms with Crippen molar-refractivity contribution in [2.75, 3.05) is 26.2 Å². The number of nitrogens with zero attached hydrogens (tertiary/aromatic N) is 6. The standard InChI is InChI=1S/C19H22N6O2S/c1-16-21-19(17-6-3-2-4-7-17)25(22-16)15-23-10-12-24(13-11-23)28(26,27)18-8-5-9-20-14-18/h2-9,14H,10-13,15H2,1H3. The maximum atomic E-state index is 12.7. The van der Waals surface area contributed by atoms with Crippen LogP contribution in [0.3, 0.4) is 0 Å². The van der Waals surface area contributed by atoms with Crippen LogP contribution >= 0.6 is 0 Å². The summed E-state index contributed by atoms with van der Waals surface area (Å²) in [5.41, 5.74) is 1.01. The first kappa shape index (κ1) is 18.7. The summed E-state index contributed by atoms with van der Waals surface area (Å²) in [5, 5.41) is 4.52. The topological polar surface area (TPSA) is 84.2 Å². The highest BCUT2D eigenvalue weighted by Crippen LogP contribution is 2.19. The van der Waals surface area contributed by atoms with Crippen molar-refractivity contribution < 1.29 is 8.42 Å². The predicted molar refractivity (Wildman–Crippen MR) is 105 cm³/mol. The first-order chi connectivity index (χ1) is 13.5. The minimum atomic E-state index is -3.50. The van der Waals surface area contributed by atoms with E-state index in [1.165, 1.54) is 10.5 Å². The molecule has 1 fully saturated rings. The molecular weight excluding hydrogens is 376 g/mol. The number of sulfonamides is 1. The van der Waals surface area contributed by atoms with Gasteiger partial charge < -0.3 is 0 Å². The summed E-state index contributed by atoms with van der Waals surface area (Å²) in [6.07, 6.45) is 2.97. The molecule has 1 saturated heterocycles. The van der Waals surface area contributed by atoms with Crippen LogP contribution in [0.2, 0.25) is 0 Å². The van der Waals surface area contributed by atoms with Crippen LogP contribution in [0, 0.1) is 6.92 Å². The fraction of sp³-hybridized carbons (Fsp3) is 0.316. The van der Waals surface area contributed by atoms with Gasteiger partial charge in [-0.15, -0.1) is 0 Å². The van der Waals surface area contributed by atoms with Crippen LogP contribution in [0.15, 0.2) is 59.8 Å². The van der Waals surface area contributed by atoms with Crippen LogP contribution in [0.5, 0.6) is 0 Å². The molecule has 0 bridgehead atoms. The van der Waals surface area contributed by atoms with Crippen molar-refractivity contribution in [2.24, 2.45) is 0 Å². The minimum Gasteiger partial charge on any atom is -0.282 e. The summed E-state index contributed by atoms with van der Waals surface area (Å²) in [6.45, 7) is 4.59. The van der Waals surface area contributed by atoms with Crippen molar-refractivity contribution in [3.05, 3.63) is 60.7 Å². The molecule has 1 aliphatic rings.